The molecule has 0 saturated carbocycles. The minimum atomic E-state index is 0.0292. The summed E-state index contributed by atoms with van der Waals surface area (Å²) in [5.74, 6) is 0.912. The largest absolute Gasteiger partial charge is 0.352 e. The van der Waals surface area contributed by atoms with E-state index < -0.39 is 0 Å². The summed E-state index contributed by atoms with van der Waals surface area (Å²) >= 11 is 5.85. The van der Waals surface area contributed by atoms with Crippen molar-refractivity contribution in [3.8, 4) is 5.69 Å². The summed E-state index contributed by atoms with van der Waals surface area (Å²) in [4.78, 5) is 25.2. The number of rotatable bonds is 5. The van der Waals surface area contributed by atoms with Crippen molar-refractivity contribution < 1.29 is 4.79 Å². The fourth-order valence-electron chi connectivity index (χ4n) is 3.78. The van der Waals surface area contributed by atoms with Crippen LogP contribution in [0, 0.1) is 12.8 Å². The average molecular weight is 426 g/mol. The van der Waals surface area contributed by atoms with Gasteiger partial charge in [-0.15, -0.1) is 0 Å². The third-order valence-corrected chi connectivity index (χ3v) is 5.61. The maximum absolute atomic E-state index is 13.3. The zero-order valence-electron chi connectivity index (χ0n) is 17.0. The summed E-state index contributed by atoms with van der Waals surface area (Å²) in [5, 5.41) is 12.3. The van der Waals surface area contributed by atoms with E-state index in [4.69, 9.17) is 11.6 Å². The number of benzene rings is 1. The third kappa shape index (κ3) is 4.43. The molecule has 3 aromatic rings. The maximum Gasteiger partial charge on any atom is 0.254 e. The van der Waals surface area contributed by atoms with Gasteiger partial charge in [0.1, 0.15) is 0 Å². The first-order valence-electron chi connectivity index (χ1n) is 10.0. The molecule has 8 nitrogen and oxygen atoms in total. The zero-order chi connectivity index (χ0) is 21.1. The fraction of sp³-hybridized carbons (Fsp3) is 0.381. The summed E-state index contributed by atoms with van der Waals surface area (Å²) in [5.41, 5.74) is 2.33. The summed E-state index contributed by atoms with van der Waals surface area (Å²) in [6, 6.07) is 7.47. The number of nitrogens with one attached hydrogen (secondary N) is 1. The lowest BCUT2D eigenvalue weighted by Crippen LogP contribution is -2.51. The molecule has 0 unspecified atom stereocenters. The highest BCUT2D eigenvalue weighted by Gasteiger charge is 2.32. The zero-order valence-corrected chi connectivity index (χ0v) is 17.8. The van der Waals surface area contributed by atoms with Gasteiger partial charge in [-0.05, 0) is 49.9 Å². The molecular formula is C21H24ClN7O. The number of anilines is 1. The second-order valence-electron chi connectivity index (χ2n) is 7.61. The molecule has 1 fully saturated rings. The van der Waals surface area contributed by atoms with Crippen molar-refractivity contribution in [2.45, 2.75) is 32.7 Å². The molecule has 4 rings (SSSR count). The molecule has 1 aliphatic heterocycles. The Morgan fingerprint density at radius 3 is 2.60 bits per heavy atom. The fourth-order valence-corrected chi connectivity index (χ4v) is 3.88. The molecule has 0 bridgehead atoms. The second-order valence-corrected chi connectivity index (χ2v) is 8.05. The molecule has 9 heteroatoms. The summed E-state index contributed by atoms with van der Waals surface area (Å²) in [7, 11) is 0. The van der Waals surface area contributed by atoms with E-state index in [1.54, 1.807) is 23.4 Å². The summed E-state index contributed by atoms with van der Waals surface area (Å²) in [6.45, 7) is 5.40. The van der Waals surface area contributed by atoms with E-state index in [0.29, 0.717) is 29.0 Å². The number of hydrogen-bond donors (Lipinski definition) is 1. The van der Waals surface area contributed by atoms with Crippen molar-refractivity contribution in [2.75, 3.05) is 18.4 Å². The Morgan fingerprint density at radius 2 is 1.93 bits per heavy atom. The van der Waals surface area contributed by atoms with Crippen molar-refractivity contribution in [1.82, 2.24) is 29.9 Å². The lowest BCUT2D eigenvalue weighted by atomic mass is 9.90. The van der Waals surface area contributed by atoms with Gasteiger partial charge in [0.15, 0.2) is 0 Å². The van der Waals surface area contributed by atoms with Crippen LogP contribution in [0.5, 0.6) is 0 Å². The molecule has 1 amide bonds. The number of nitrogens with zero attached hydrogens (tertiary/aromatic N) is 6. The van der Waals surface area contributed by atoms with Crippen LogP contribution in [0.1, 0.15) is 35.8 Å². The third-order valence-electron chi connectivity index (χ3n) is 5.42. The number of piperidine rings is 1. The van der Waals surface area contributed by atoms with Gasteiger partial charge in [0, 0.05) is 18.7 Å². The van der Waals surface area contributed by atoms with Gasteiger partial charge in [0.25, 0.3) is 5.91 Å². The summed E-state index contributed by atoms with van der Waals surface area (Å²) in [6.07, 6.45) is 6.90. The number of carbonyl (C=O) groups is 1. The number of aromatic nitrogens is 5. The van der Waals surface area contributed by atoms with E-state index >= 15 is 0 Å². The van der Waals surface area contributed by atoms with E-state index in [1.165, 1.54) is 0 Å². The van der Waals surface area contributed by atoms with Gasteiger partial charge in [-0.3, -0.25) is 4.79 Å². The molecule has 0 aliphatic carbocycles. The number of carbonyl (C=O) groups excluding carboxylic acids is 1. The number of halogens is 1. The van der Waals surface area contributed by atoms with Crippen LogP contribution in [0.2, 0.25) is 5.02 Å². The first kappa shape index (κ1) is 20.3. The average Bonchev–Trinajstić information content (AvgIpc) is 3.20. The molecule has 0 radical (unpaired) electrons. The Hall–Kier alpha value is -3.00. The van der Waals surface area contributed by atoms with Crippen molar-refractivity contribution in [3.63, 3.8) is 0 Å². The normalized spacial score (nSPS) is 19.0. The molecule has 1 aromatic carbocycles. The highest BCUT2D eigenvalue weighted by atomic mass is 35.5. The van der Waals surface area contributed by atoms with Gasteiger partial charge in [-0.1, -0.05) is 18.5 Å². The van der Waals surface area contributed by atoms with Crippen molar-refractivity contribution in [2.24, 2.45) is 5.92 Å². The van der Waals surface area contributed by atoms with Gasteiger partial charge in [-0.2, -0.15) is 15.0 Å². The topological polar surface area (TPSA) is 88.8 Å². The number of hydrogen-bond acceptors (Lipinski definition) is 6. The van der Waals surface area contributed by atoms with Gasteiger partial charge in [0.05, 0.1) is 41.0 Å². The van der Waals surface area contributed by atoms with E-state index in [9.17, 15) is 4.79 Å². The van der Waals surface area contributed by atoms with Crippen LogP contribution in [-0.2, 0) is 0 Å². The minimum Gasteiger partial charge on any atom is -0.352 e. The highest BCUT2D eigenvalue weighted by molar-refractivity contribution is 6.30. The standard InChI is InChI=1S/C21H24ClN7O/c1-14-4-3-9-28(19(14)13-25-21-23-11-17(22)12-24-21)20(30)16-5-7-18(8-6-16)29-26-10-15(2)27-29/h5-8,10-12,14,19H,3-4,9,13H2,1-2H3,(H,23,24,25)/t14-,19-/m1/s1. The van der Waals surface area contributed by atoms with Crippen LogP contribution < -0.4 is 5.32 Å². The Bertz CT molecular complexity index is 1000. The molecule has 0 spiro atoms. The number of likely N-dealkylation sites (tertiary alicyclic amines) is 1. The van der Waals surface area contributed by atoms with Crippen molar-refractivity contribution in [1.29, 1.82) is 0 Å². The van der Waals surface area contributed by atoms with E-state index in [-0.39, 0.29) is 11.9 Å². The smallest absolute Gasteiger partial charge is 0.254 e. The Morgan fingerprint density at radius 1 is 1.20 bits per heavy atom. The van der Waals surface area contributed by atoms with E-state index in [2.05, 4.69) is 32.4 Å². The molecule has 156 valence electrons. The van der Waals surface area contributed by atoms with E-state index in [0.717, 1.165) is 30.8 Å². The Balaban J connectivity index is 1.48. The monoisotopic (exact) mass is 425 g/mol. The molecule has 1 aliphatic rings. The van der Waals surface area contributed by atoms with E-state index in [1.807, 2.05) is 36.1 Å². The number of aryl methyl sites for hydroxylation is 1. The van der Waals surface area contributed by atoms with Gasteiger partial charge in [-0.25, -0.2) is 9.97 Å². The van der Waals surface area contributed by atoms with Crippen LogP contribution >= 0.6 is 11.6 Å². The van der Waals surface area contributed by atoms with Crippen molar-refractivity contribution in [3.05, 3.63) is 59.1 Å². The molecule has 2 aromatic heterocycles. The first-order valence-corrected chi connectivity index (χ1v) is 10.4. The predicted molar refractivity (Wildman–Crippen MR) is 115 cm³/mol. The SMILES string of the molecule is Cc1cnn(-c2ccc(C(=O)N3CCC[C@@H](C)[C@H]3CNc3ncc(Cl)cn3)cc2)n1. The quantitative estimate of drug-likeness (QED) is 0.674. The highest BCUT2D eigenvalue weighted by Crippen LogP contribution is 2.25. The van der Waals surface area contributed by atoms with Crippen LogP contribution in [0.15, 0.2) is 42.9 Å². The number of amides is 1. The lowest BCUT2D eigenvalue weighted by molar-refractivity contribution is 0.0540. The molecular weight excluding hydrogens is 402 g/mol. The molecule has 30 heavy (non-hydrogen) atoms. The van der Waals surface area contributed by atoms with Crippen LogP contribution in [-0.4, -0.2) is 54.9 Å². The minimum absolute atomic E-state index is 0.0292. The van der Waals surface area contributed by atoms with Gasteiger partial charge in [0.2, 0.25) is 5.95 Å². The lowest BCUT2D eigenvalue weighted by Gasteiger charge is -2.40. The Labute approximate surface area is 180 Å². The predicted octanol–water partition coefficient (Wildman–Crippen LogP) is 3.37. The van der Waals surface area contributed by atoms with Crippen LogP contribution in [0.3, 0.4) is 0 Å². The van der Waals surface area contributed by atoms with Crippen LogP contribution in [0.25, 0.3) is 5.69 Å². The van der Waals surface area contributed by atoms with Gasteiger partial charge < -0.3 is 10.2 Å². The van der Waals surface area contributed by atoms with Gasteiger partial charge >= 0.3 is 0 Å². The summed E-state index contributed by atoms with van der Waals surface area (Å²) < 4.78 is 0. The van der Waals surface area contributed by atoms with Crippen molar-refractivity contribution >= 4 is 23.5 Å². The molecule has 1 N–H and O–H groups in total. The first-order chi connectivity index (χ1) is 14.5. The molecule has 3 heterocycles. The van der Waals surface area contributed by atoms with Crippen LogP contribution in [0.4, 0.5) is 5.95 Å². The maximum atomic E-state index is 13.3. The Kier molecular flexibility index (Phi) is 5.94. The molecule has 1 saturated heterocycles. The molecule has 2 atom stereocenters. The second kappa shape index (κ2) is 8.79.